The number of nitrogens with zero attached hydrogens (tertiary/aromatic N) is 4. The van der Waals surface area contributed by atoms with Crippen LogP contribution in [0.15, 0.2) is 30.3 Å². The van der Waals surface area contributed by atoms with Crippen molar-refractivity contribution >= 4 is 29.5 Å². The second-order valence-electron chi connectivity index (χ2n) is 16.8. The van der Waals surface area contributed by atoms with E-state index in [1.54, 1.807) is 31.9 Å². The van der Waals surface area contributed by atoms with Gasteiger partial charge >= 0.3 is 0 Å². The molecule has 3 aliphatic rings. The third-order valence-electron chi connectivity index (χ3n) is 12.2. The molecule has 9 heteroatoms. The van der Waals surface area contributed by atoms with E-state index < -0.39 is 5.67 Å². The number of benzene rings is 2. The van der Waals surface area contributed by atoms with Crippen molar-refractivity contribution in [2.75, 3.05) is 71.9 Å². The number of hydrogen-bond donors (Lipinski definition) is 0. The van der Waals surface area contributed by atoms with Crippen LogP contribution in [0.4, 0.5) is 8.78 Å². The molecule has 0 radical (unpaired) electrons. The predicted octanol–water partition coefficient (Wildman–Crippen LogP) is 9.06. The zero-order valence-corrected chi connectivity index (χ0v) is 34.8. The quantitative estimate of drug-likeness (QED) is 0.134. The van der Waals surface area contributed by atoms with Crippen molar-refractivity contribution in [1.82, 2.24) is 14.7 Å². The van der Waals surface area contributed by atoms with E-state index in [9.17, 15) is 9.18 Å². The third-order valence-corrected chi connectivity index (χ3v) is 14.8. The molecular formula is C42H65F2N4OS2+. The Bertz CT molecular complexity index is 1510. The average Bonchev–Trinajstić information content (AvgIpc) is 3.94. The van der Waals surface area contributed by atoms with Gasteiger partial charge < -0.3 is 4.90 Å². The lowest BCUT2D eigenvalue weighted by Crippen LogP contribution is -2.57. The highest BCUT2D eigenvalue weighted by Gasteiger charge is 2.50. The highest BCUT2D eigenvalue weighted by atomic mass is 32.2. The minimum absolute atomic E-state index is 0.0693. The summed E-state index contributed by atoms with van der Waals surface area (Å²) in [7, 11) is 2.26. The maximum absolute atomic E-state index is 15.6. The van der Waals surface area contributed by atoms with Crippen LogP contribution in [-0.4, -0.2) is 108 Å². The summed E-state index contributed by atoms with van der Waals surface area (Å²) < 4.78 is 30.6. The van der Waals surface area contributed by atoms with Gasteiger partial charge in [-0.1, -0.05) is 23.8 Å². The topological polar surface area (TPSA) is 26.8 Å². The van der Waals surface area contributed by atoms with Gasteiger partial charge in [-0.2, -0.15) is 0 Å². The van der Waals surface area contributed by atoms with Crippen LogP contribution < -0.4 is 0 Å². The summed E-state index contributed by atoms with van der Waals surface area (Å²) in [4.78, 5) is 22.0. The second-order valence-corrected chi connectivity index (χ2v) is 19.1. The third kappa shape index (κ3) is 9.08. The number of thioether (sulfide) groups is 1. The summed E-state index contributed by atoms with van der Waals surface area (Å²) in [6.45, 7) is 21.1. The van der Waals surface area contributed by atoms with Gasteiger partial charge in [0.15, 0.2) is 11.8 Å². The number of halogens is 2. The Morgan fingerprint density at radius 1 is 0.961 bits per heavy atom. The number of rotatable bonds is 15. The van der Waals surface area contributed by atoms with Crippen LogP contribution in [0, 0.1) is 32.5 Å². The Kier molecular flexibility index (Phi) is 13.1. The zero-order valence-electron chi connectivity index (χ0n) is 33.2. The molecule has 5 nitrogen and oxygen atoms in total. The van der Waals surface area contributed by atoms with E-state index in [-0.39, 0.29) is 28.6 Å². The van der Waals surface area contributed by atoms with Gasteiger partial charge in [0.1, 0.15) is 11.5 Å². The minimum atomic E-state index is -1.25. The van der Waals surface area contributed by atoms with Crippen LogP contribution in [0.2, 0.25) is 0 Å². The van der Waals surface area contributed by atoms with Crippen molar-refractivity contribution in [1.29, 1.82) is 0 Å². The Balaban J connectivity index is 1.54. The maximum atomic E-state index is 15.6. The van der Waals surface area contributed by atoms with Crippen LogP contribution >= 0.6 is 23.7 Å². The Hall–Kier alpha value is -1.49. The second kappa shape index (κ2) is 16.5. The molecule has 1 aliphatic carbocycles. The summed E-state index contributed by atoms with van der Waals surface area (Å²) in [5.74, 6) is 0.313. The first kappa shape index (κ1) is 40.7. The van der Waals surface area contributed by atoms with Crippen molar-refractivity contribution < 1.29 is 17.5 Å². The lowest BCUT2D eigenvalue weighted by molar-refractivity contribution is -0.798. The molecule has 51 heavy (non-hydrogen) atoms. The van der Waals surface area contributed by atoms with Gasteiger partial charge in [-0.25, -0.2) is 8.78 Å². The van der Waals surface area contributed by atoms with Crippen molar-refractivity contribution in [2.24, 2.45) is 5.92 Å². The lowest BCUT2D eigenvalue weighted by Gasteiger charge is -2.50. The van der Waals surface area contributed by atoms with E-state index in [1.165, 1.54) is 16.7 Å². The Morgan fingerprint density at radius 3 is 2.16 bits per heavy atom. The fourth-order valence-electron chi connectivity index (χ4n) is 8.98. The first-order chi connectivity index (χ1) is 24.0. The number of carbonyl (C=O) groups excluding carboxylic acids is 1. The van der Waals surface area contributed by atoms with Gasteiger partial charge in [-0.3, -0.25) is 18.5 Å². The van der Waals surface area contributed by atoms with Crippen molar-refractivity contribution in [3.05, 3.63) is 69.5 Å². The van der Waals surface area contributed by atoms with E-state index in [1.807, 2.05) is 24.8 Å². The summed E-state index contributed by atoms with van der Waals surface area (Å²) in [5, 5.41) is 0. The fraction of sp³-hybridized carbons (Fsp3) is 0.690. The normalized spacial score (nSPS) is 21.8. The molecule has 2 saturated heterocycles. The minimum Gasteiger partial charge on any atom is -0.300 e. The number of likely N-dealkylation sites (N-methyl/N-ethyl adjacent to an activating group) is 1. The molecule has 0 amide bonds. The highest BCUT2D eigenvalue weighted by Crippen LogP contribution is 2.50. The van der Waals surface area contributed by atoms with Gasteiger partial charge in [0, 0.05) is 62.9 Å². The number of carbonyl (C=O) groups is 1. The molecule has 2 heterocycles. The van der Waals surface area contributed by atoms with E-state index in [4.69, 9.17) is 0 Å². The van der Waals surface area contributed by atoms with E-state index in [2.05, 4.69) is 80.2 Å². The molecule has 0 spiro atoms. The van der Waals surface area contributed by atoms with Gasteiger partial charge in [-0.05, 0) is 134 Å². The molecule has 3 unspecified atom stereocenters. The number of likely N-dealkylation sites (tertiary alicyclic amines) is 1. The number of Topliss-reactive ketones (excluding diaryl/α,β-unsaturated/α-hetero) is 1. The van der Waals surface area contributed by atoms with Crippen LogP contribution in [0.1, 0.15) is 105 Å². The first-order valence-electron chi connectivity index (χ1n) is 19.3. The van der Waals surface area contributed by atoms with E-state index in [0.717, 1.165) is 89.0 Å². The van der Waals surface area contributed by atoms with Gasteiger partial charge in [0.05, 0.1) is 30.4 Å². The maximum Gasteiger partial charge on any atom is 0.198 e. The molecule has 3 fully saturated rings. The monoisotopic (exact) mass is 743 g/mol. The van der Waals surface area contributed by atoms with Crippen LogP contribution in [0.3, 0.4) is 0 Å². The number of ketones is 1. The number of alkyl halides is 1. The van der Waals surface area contributed by atoms with Crippen LogP contribution in [-0.2, 0) is 9.67 Å². The van der Waals surface area contributed by atoms with E-state index in [0.29, 0.717) is 27.8 Å². The average molecular weight is 744 g/mol. The zero-order chi connectivity index (χ0) is 37.3. The molecule has 0 aromatic heterocycles. The molecule has 0 N–H and O–H groups in total. The number of piperidine rings is 1. The van der Waals surface area contributed by atoms with Gasteiger partial charge in [-0.15, -0.1) is 11.8 Å². The smallest absolute Gasteiger partial charge is 0.198 e. The van der Waals surface area contributed by atoms with E-state index >= 15 is 4.39 Å². The first-order valence-corrected chi connectivity index (χ1v) is 21.7. The summed E-state index contributed by atoms with van der Waals surface area (Å²) in [5.41, 5.74) is 5.43. The number of hydrogen-bond acceptors (Lipinski definition) is 6. The fourth-order valence-corrected chi connectivity index (χ4v) is 10.9. The van der Waals surface area contributed by atoms with Crippen molar-refractivity contribution in [3.63, 3.8) is 0 Å². The highest BCUT2D eigenvalue weighted by molar-refractivity contribution is 7.99. The van der Waals surface area contributed by atoms with Crippen LogP contribution in [0.5, 0.6) is 0 Å². The molecule has 2 aliphatic heterocycles. The molecule has 2 aromatic carbocycles. The lowest BCUT2D eigenvalue weighted by atomic mass is 9.80. The molecular weight excluding hydrogens is 679 g/mol. The Morgan fingerprint density at radius 2 is 1.61 bits per heavy atom. The molecule has 1 saturated carbocycles. The molecule has 0 bridgehead atoms. The standard InChI is InChI=1S/C42H65F2N4OS2/c1-29(2)46-22-24-47(25-23-46)42(50-9,36-27-30(3)11-12-31(36)4)19-26-48(8,51-10)39(40(49)34-13-14-34)35-15-16-37(43)32(5)38(35)33-17-20-45(21-18-33)28-41(6,7)44/h11-12,15-16,27,29,33-34,39H,13-14,17-26,28H2,1-10H3/q+1. The van der Waals surface area contributed by atoms with Crippen molar-refractivity contribution in [3.8, 4) is 0 Å². The van der Waals surface area contributed by atoms with Crippen LogP contribution in [0.25, 0.3) is 0 Å². The number of piperazine rings is 1. The van der Waals surface area contributed by atoms with Gasteiger partial charge in [0.2, 0.25) is 0 Å². The summed E-state index contributed by atoms with van der Waals surface area (Å²) in [6, 6.07) is 10.6. The van der Waals surface area contributed by atoms with Gasteiger partial charge in [0.25, 0.3) is 0 Å². The molecule has 284 valence electrons. The predicted molar refractivity (Wildman–Crippen MR) is 214 cm³/mol. The van der Waals surface area contributed by atoms with Crippen molar-refractivity contribution in [2.45, 2.75) is 109 Å². The molecule has 3 atom stereocenters. The largest absolute Gasteiger partial charge is 0.300 e. The Labute approximate surface area is 317 Å². The molecule has 2 aromatic rings. The number of aryl methyl sites for hydroxylation is 2. The molecule has 5 rings (SSSR count). The number of quaternary nitrogens is 1. The summed E-state index contributed by atoms with van der Waals surface area (Å²) in [6.07, 6.45) is 8.86. The SMILES string of the molecule is CSC(CC[N+](C)(SC)C(C(=O)C1CC1)c1ccc(F)c(C)c1C1CCN(CC(C)(C)F)CC1)(c1cc(C)ccc1C)N1CCN(C(C)C)CC1. The summed E-state index contributed by atoms with van der Waals surface area (Å²) >= 11 is 3.71.